The summed E-state index contributed by atoms with van der Waals surface area (Å²) in [6.45, 7) is 0.720. The third-order valence-corrected chi connectivity index (χ3v) is 4.78. The van der Waals surface area contributed by atoms with Crippen LogP contribution in [0.25, 0.3) is 0 Å². The Bertz CT molecular complexity index is 698. The van der Waals surface area contributed by atoms with Crippen molar-refractivity contribution in [3.05, 3.63) is 59.7 Å². The smallest absolute Gasteiger partial charge is 0.320 e. The van der Waals surface area contributed by atoms with Gasteiger partial charge in [0.15, 0.2) is 0 Å². The molecule has 5 nitrogen and oxygen atoms in total. The van der Waals surface area contributed by atoms with Crippen molar-refractivity contribution in [3.63, 3.8) is 0 Å². The van der Waals surface area contributed by atoms with Crippen LogP contribution in [0.2, 0.25) is 0 Å². The minimum atomic E-state index is -0.785. The van der Waals surface area contributed by atoms with Crippen LogP contribution >= 0.6 is 0 Å². The van der Waals surface area contributed by atoms with E-state index in [4.69, 9.17) is 9.47 Å². The maximum atomic E-state index is 11.8. The molecule has 1 aliphatic rings. The van der Waals surface area contributed by atoms with E-state index in [0.717, 1.165) is 35.6 Å². The molecule has 0 aliphatic carbocycles. The van der Waals surface area contributed by atoms with Gasteiger partial charge in [0.05, 0.1) is 20.3 Å². The van der Waals surface area contributed by atoms with Gasteiger partial charge in [0.1, 0.15) is 17.5 Å². The molecule has 5 heteroatoms. The first kappa shape index (κ1) is 17.3. The fourth-order valence-electron chi connectivity index (χ4n) is 3.67. The first-order chi connectivity index (χ1) is 12.2. The summed E-state index contributed by atoms with van der Waals surface area (Å²) in [5.74, 6) is 0.705. The van der Waals surface area contributed by atoms with Crippen LogP contribution in [-0.2, 0) is 4.79 Å². The van der Waals surface area contributed by atoms with E-state index in [1.807, 2.05) is 53.4 Å². The van der Waals surface area contributed by atoms with Crippen molar-refractivity contribution in [1.29, 1.82) is 0 Å². The average Bonchev–Trinajstić information content (AvgIpc) is 3.12. The van der Waals surface area contributed by atoms with Crippen molar-refractivity contribution in [3.8, 4) is 11.5 Å². The minimum Gasteiger partial charge on any atom is -0.496 e. The maximum Gasteiger partial charge on any atom is 0.320 e. The molecule has 0 saturated carbocycles. The van der Waals surface area contributed by atoms with Crippen LogP contribution in [0.5, 0.6) is 11.5 Å². The number of hydrogen-bond donors (Lipinski definition) is 1. The van der Waals surface area contributed by atoms with Gasteiger partial charge in [-0.25, -0.2) is 0 Å². The number of benzene rings is 2. The standard InChI is InChI=1S/C20H23NO4/c1-24-17-11-5-3-8-14(17)19(15-9-4-6-12-18(15)25-2)21-13-7-10-16(21)20(22)23/h3-6,8-9,11-12,16,19H,7,10,13H2,1-2H3,(H,22,23). The Hall–Kier alpha value is -2.53. The quantitative estimate of drug-likeness (QED) is 0.873. The van der Waals surface area contributed by atoms with E-state index < -0.39 is 12.0 Å². The number of nitrogens with zero attached hydrogens (tertiary/aromatic N) is 1. The summed E-state index contributed by atoms with van der Waals surface area (Å²) in [4.78, 5) is 13.8. The van der Waals surface area contributed by atoms with Crippen molar-refractivity contribution < 1.29 is 19.4 Å². The predicted molar refractivity (Wildman–Crippen MR) is 95.2 cm³/mol. The van der Waals surface area contributed by atoms with E-state index in [9.17, 15) is 9.90 Å². The van der Waals surface area contributed by atoms with Gasteiger partial charge in [-0.15, -0.1) is 0 Å². The fourth-order valence-corrected chi connectivity index (χ4v) is 3.67. The SMILES string of the molecule is COc1ccccc1C(c1ccccc1OC)N1CCCC1C(=O)O. The number of rotatable bonds is 6. The average molecular weight is 341 g/mol. The second-order valence-electron chi connectivity index (χ2n) is 6.12. The second-order valence-corrected chi connectivity index (χ2v) is 6.12. The van der Waals surface area contributed by atoms with Crippen LogP contribution in [0.1, 0.15) is 30.0 Å². The molecule has 2 aromatic rings. The van der Waals surface area contributed by atoms with E-state index in [1.54, 1.807) is 14.2 Å². The molecule has 1 heterocycles. The lowest BCUT2D eigenvalue weighted by Gasteiger charge is -2.33. The Morgan fingerprint density at radius 1 is 1.04 bits per heavy atom. The summed E-state index contributed by atoms with van der Waals surface area (Å²) in [5, 5.41) is 9.68. The molecule has 3 rings (SSSR count). The van der Waals surface area contributed by atoms with Crippen molar-refractivity contribution in [2.75, 3.05) is 20.8 Å². The molecule has 2 aromatic carbocycles. The highest BCUT2D eigenvalue weighted by Gasteiger charge is 2.38. The van der Waals surface area contributed by atoms with Crippen molar-refractivity contribution in [2.45, 2.75) is 24.9 Å². The summed E-state index contributed by atoms with van der Waals surface area (Å²) in [7, 11) is 3.27. The molecule has 0 amide bonds. The van der Waals surface area contributed by atoms with E-state index in [1.165, 1.54) is 0 Å². The number of ether oxygens (including phenoxy) is 2. The summed E-state index contributed by atoms with van der Waals surface area (Å²) < 4.78 is 11.1. The number of hydrogen-bond acceptors (Lipinski definition) is 4. The van der Waals surface area contributed by atoms with E-state index >= 15 is 0 Å². The molecular weight excluding hydrogens is 318 g/mol. The third-order valence-electron chi connectivity index (χ3n) is 4.78. The normalized spacial score (nSPS) is 17.6. The largest absolute Gasteiger partial charge is 0.496 e. The van der Waals surface area contributed by atoms with E-state index in [2.05, 4.69) is 0 Å². The number of likely N-dealkylation sites (tertiary alicyclic amines) is 1. The Balaban J connectivity index is 2.16. The molecule has 132 valence electrons. The molecule has 1 N–H and O–H groups in total. The molecule has 1 atom stereocenters. The lowest BCUT2D eigenvalue weighted by Crippen LogP contribution is -2.39. The summed E-state index contributed by atoms with van der Waals surface area (Å²) in [6.07, 6.45) is 1.51. The van der Waals surface area contributed by atoms with Crippen molar-refractivity contribution in [2.24, 2.45) is 0 Å². The van der Waals surface area contributed by atoms with Gasteiger partial charge < -0.3 is 14.6 Å². The van der Waals surface area contributed by atoms with Crippen molar-refractivity contribution >= 4 is 5.97 Å². The van der Waals surface area contributed by atoms with Crippen LogP contribution in [0.15, 0.2) is 48.5 Å². The number of carbonyl (C=O) groups is 1. The molecule has 1 fully saturated rings. The van der Waals surface area contributed by atoms with Crippen LogP contribution < -0.4 is 9.47 Å². The summed E-state index contributed by atoms with van der Waals surface area (Å²) in [5.41, 5.74) is 1.89. The van der Waals surface area contributed by atoms with Gasteiger partial charge in [0, 0.05) is 17.7 Å². The zero-order chi connectivity index (χ0) is 17.8. The first-order valence-electron chi connectivity index (χ1n) is 8.41. The van der Waals surface area contributed by atoms with E-state index in [0.29, 0.717) is 6.42 Å². The highest BCUT2D eigenvalue weighted by atomic mass is 16.5. The van der Waals surface area contributed by atoms with Crippen LogP contribution in [0.3, 0.4) is 0 Å². The lowest BCUT2D eigenvalue weighted by atomic mass is 9.94. The Kier molecular flexibility index (Phi) is 5.24. The van der Waals surface area contributed by atoms with Crippen molar-refractivity contribution in [1.82, 2.24) is 4.90 Å². The molecule has 0 aromatic heterocycles. The van der Waals surface area contributed by atoms with Gasteiger partial charge >= 0.3 is 5.97 Å². The molecule has 0 radical (unpaired) electrons. The number of aliphatic carboxylic acids is 1. The zero-order valence-electron chi connectivity index (χ0n) is 14.5. The lowest BCUT2D eigenvalue weighted by molar-refractivity contribution is -0.142. The van der Waals surface area contributed by atoms with Gasteiger partial charge in [0.2, 0.25) is 0 Å². The first-order valence-corrected chi connectivity index (χ1v) is 8.41. The topological polar surface area (TPSA) is 59.0 Å². The number of methoxy groups -OCH3 is 2. The third kappa shape index (κ3) is 3.33. The summed E-state index contributed by atoms with van der Waals surface area (Å²) in [6, 6.07) is 14.8. The maximum absolute atomic E-state index is 11.8. The number of para-hydroxylation sites is 2. The zero-order valence-corrected chi connectivity index (χ0v) is 14.5. The highest BCUT2D eigenvalue weighted by molar-refractivity contribution is 5.74. The molecule has 1 saturated heterocycles. The molecular formula is C20H23NO4. The Morgan fingerprint density at radius 2 is 1.56 bits per heavy atom. The van der Waals surface area contributed by atoms with Crippen LogP contribution in [0, 0.1) is 0 Å². The predicted octanol–water partition coefficient (Wildman–Crippen LogP) is 3.34. The highest BCUT2D eigenvalue weighted by Crippen LogP contribution is 2.41. The van der Waals surface area contributed by atoms with Gasteiger partial charge in [-0.3, -0.25) is 9.69 Å². The van der Waals surface area contributed by atoms with Crippen LogP contribution in [-0.4, -0.2) is 42.8 Å². The summed E-state index contributed by atoms with van der Waals surface area (Å²) >= 11 is 0. The monoisotopic (exact) mass is 341 g/mol. The molecule has 25 heavy (non-hydrogen) atoms. The Morgan fingerprint density at radius 3 is 2.04 bits per heavy atom. The number of carboxylic acids is 1. The van der Waals surface area contributed by atoms with Gasteiger partial charge in [-0.05, 0) is 25.0 Å². The molecule has 1 unspecified atom stereocenters. The Labute approximate surface area is 147 Å². The van der Waals surface area contributed by atoms with Gasteiger partial charge in [-0.1, -0.05) is 36.4 Å². The molecule has 1 aliphatic heterocycles. The fraction of sp³-hybridized carbons (Fsp3) is 0.350. The second kappa shape index (κ2) is 7.57. The minimum absolute atomic E-state index is 0.240. The number of carboxylic acid groups (broad SMARTS) is 1. The van der Waals surface area contributed by atoms with E-state index in [-0.39, 0.29) is 6.04 Å². The molecule has 0 bridgehead atoms. The molecule has 0 spiro atoms. The van der Waals surface area contributed by atoms with Gasteiger partial charge in [0.25, 0.3) is 0 Å². The van der Waals surface area contributed by atoms with Gasteiger partial charge in [-0.2, -0.15) is 0 Å². The van der Waals surface area contributed by atoms with Crippen LogP contribution in [0.4, 0.5) is 0 Å².